The van der Waals surface area contributed by atoms with Gasteiger partial charge in [0.15, 0.2) is 5.82 Å². The molecule has 0 saturated carbocycles. The maximum Gasteiger partial charge on any atom is 0.160 e. The topological polar surface area (TPSA) is 38.9 Å². The van der Waals surface area contributed by atoms with E-state index in [9.17, 15) is 0 Å². The van der Waals surface area contributed by atoms with Crippen LogP contribution in [0.4, 0.5) is 0 Å². The van der Waals surface area contributed by atoms with Gasteiger partial charge in [0, 0.05) is 27.6 Å². The van der Waals surface area contributed by atoms with Crippen LogP contribution in [0.5, 0.6) is 0 Å². The Morgan fingerprint density at radius 1 is 0.269 bits per heavy atom. The summed E-state index contributed by atoms with van der Waals surface area (Å²) < 4.78 is 6.37. The molecular formula is C64H40N2O. The molecule has 0 atom stereocenters. The second-order valence-electron chi connectivity index (χ2n) is 17.2. The number of aromatic nitrogens is 2. The molecule has 0 aliphatic carbocycles. The number of benzene rings is 11. The quantitative estimate of drug-likeness (QED) is 0.118. The van der Waals surface area contributed by atoms with E-state index in [1.165, 1.54) is 65.3 Å². The van der Waals surface area contributed by atoms with E-state index in [0.29, 0.717) is 5.82 Å². The SMILES string of the molecule is c1ccc(-c2nc(-c3ccc(-c4ccc(-c5ccc(-c6c7ccccc7cc7c6ccc6ccccc67)c6ccccc56)cc4)cc3)cc(-c3ccccc3-c3cc4ccccc4o3)n2)cc1. The van der Waals surface area contributed by atoms with Crippen molar-refractivity contribution >= 4 is 54.1 Å². The average molecular weight is 853 g/mol. The van der Waals surface area contributed by atoms with E-state index in [2.05, 4.69) is 200 Å². The van der Waals surface area contributed by atoms with Crippen LogP contribution in [0.1, 0.15) is 0 Å². The molecule has 312 valence electrons. The van der Waals surface area contributed by atoms with Crippen LogP contribution < -0.4 is 0 Å². The molecule has 0 aliphatic rings. The normalized spacial score (nSPS) is 11.6. The van der Waals surface area contributed by atoms with Crippen LogP contribution in [0.3, 0.4) is 0 Å². The maximum atomic E-state index is 6.37. The van der Waals surface area contributed by atoms with Gasteiger partial charge in [0.2, 0.25) is 0 Å². The molecule has 0 saturated heterocycles. The lowest BCUT2D eigenvalue weighted by molar-refractivity contribution is 0.632. The van der Waals surface area contributed by atoms with Gasteiger partial charge in [-0.2, -0.15) is 0 Å². The lowest BCUT2D eigenvalue weighted by atomic mass is 9.86. The van der Waals surface area contributed by atoms with Crippen LogP contribution in [0.2, 0.25) is 0 Å². The highest BCUT2D eigenvalue weighted by molar-refractivity contribution is 6.23. The molecule has 0 aliphatic heterocycles. The molecule has 13 aromatic rings. The van der Waals surface area contributed by atoms with Crippen molar-refractivity contribution in [3.05, 3.63) is 243 Å². The summed E-state index contributed by atoms with van der Waals surface area (Å²) in [7, 11) is 0. The van der Waals surface area contributed by atoms with Crippen molar-refractivity contribution < 1.29 is 4.42 Å². The minimum atomic E-state index is 0.673. The number of para-hydroxylation sites is 1. The Morgan fingerprint density at radius 2 is 0.836 bits per heavy atom. The fraction of sp³-hybridized carbons (Fsp3) is 0. The van der Waals surface area contributed by atoms with Gasteiger partial charge >= 0.3 is 0 Å². The highest BCUT2D eigenvalue weighted by Crippen LogP contribution is 2.44. The fourth-order valence-corrected chi connectivity index (χ4v) is 10.0. The fourth-order valence-electron chi connectivity index (χ4n) is 10.0. The number of nitrogens with zero attached hydrogens (tertiary/aromatic N) is 2. The van der Waals surface area contributed by atoms with Crippen molar-refractivity contribution in [2.24, 2.45) is 0 Å². The molecular weight excluding hydrogens is 813 g/mol. The van der Waals surface area contributed by atoms with Gasteiger partial charge < -0.3 is 4.42 Å². The maximum absolute atomic E-state index is 6.37. The molecule has 67 heavy (non-hydrogen) atoms. The zero-order valence-electron chi connectivity index (χ0n) is 36.4. The summed E-state index contributed by atoms with van der Waals surface area (Å²) in [6.07, 6.45) is 0. The summed E-state index contributed by atoms with van der Waals surface area (Å²) in [5.74, 6) is 1.48. The van der Waals surface area contributed by atoms with E-state index in [1.807, 2.05) is 42.5 Å². The van der Waals surface area contributed by atoms with Crippen molar-refractivity contribution in [2.75, 3.05) is 0 Å². The summed E-state index contributed by atoms with van der Waals surface area (Å²) in [6.45, 7) is 0. The van der Waals surface area contributed by atoms with Crippen LogP contribution >= 0.6 is 0 Å². The van der Waals surface area contributed by atoms with Crippen molar-refractivity contribution in [3.63, 3.8) is 0 Å². The first-order chi connectivity index (χ1) is 33.2. The predicted molar refractivity (Wildman–Crippen MR) is 280 cm³/mol. The van der Waals surface area contributed by atoms with Gasteiger partial charge in [-0.05, 0) is 101 Å². The summed E-state index contributed by atoms with van der Waals surface area (Å²) in [6, 6.07) is 86.5. The zero-order chi connectivity index (χ0) is 44.3. The number of fused-ring (bicyclic) bond motifs is 6. The van der Waals surface area contributed by atoms with Gasteiger partial charge in [0.1, 0.15) is 11.3 Å². The molecule has 2 heterocycles. The van der Waals surface area contributed by atoms with Gasteiger partial charge in [-0.3, -0.25) is 0 Å². The van der Waals surface area contributed by atoms with Gasteiger partial charge in [-0.15, -0.1) is 0 Å². The molecule has 0 unspecified atom stereocenters. The first-order valence-electron chi connectivity index (χ1n) is 22.8. The molecule has 0 fully saturated rings. The summed E-state index contributed by atoms with van der Waals surface area (Å²) in [5, 5.41) is 11.1. The standard InChI is InChI=1S/C64H40N2O/c1-2-15-46(16-3-1)64-65-59(40-60(66-64)54-23-11-12-24-55(54)62-39-48-18-6-13-25-61(48)67-62)45-32-28-42(29-33-45)41-26-30-44(31-27-41)50-36-37-56(53-22-10-9-21-52(50)53)63-51-20-8-5-17-47(51)38-58-49-19-7-4-14-43(49)34-35-57(58)63/h1-40H. The monoisotopic (exact) mass is 852 g/mol. The summed E-state index contributed by atoms with van der Waals surface area (Å²) in [4.78, 5) is 10.3. The second kappa shape index (κ2) is 16.0. The largest absolute Gasteiger partial charge is 0.456 e. The van der Waals surface area contributed by atoms with E-state index >= 15 is 0 Å². The van der Waals surface area contributed by atoms with Crippen molar-refractivity contribution in [3.8, 4) is 78.6 Å². The van der Waals surface area contributed by atoms with Crippen molar-refractivity contribution in [1.82, 2.24) is 9.97 Å². The first-order valence-corrected chi connectivity index (χ1v) is 22.8. The van der Waals surface area contributed by atoms with E-state index in [-0.39, 0.29) is 0 Å². The molecule has 0 bridgehead atoms. The van der Waals surface area contributed by atoms with Gasteiger partial charge in [0.05, 0.1) is 11.4 Å². The molecule has 0 radical (unpaired) electrons. The van der Waals surface area contributed by atoms with Crippen LogP contribution in [0.15, 0.2) is 247 Å². The third-order valence-electron chi connectivity index (χ3n) is 13.3. The first kappa shape index (κ1) is 38.5. The third-order valence-corrected chi connectivity index (χ3v) is 13.3. The summed E-state index contributed by atoms with van der Waals surface area (Å²) in [5.41, 5.74) is 13.7. The van der Waals surface area contributed by atoms with Crippen molar-refractivity contribution in [1.29, 1.82) is 0 Å². The molecule has 0 spiro atoms. The van der Waals surface area contributed by atoms with Gasteiger partial charge in [-0.25, -0.2) is 9.97 Å². The Hall–Kier alpha value is -8.92. The Balaban J connectivity index is 0.853. The number of rotatable bonds is 7. The molecule has 3 nitrogen and oxygen atoms in total. The Kier molecular flexibility index (Phi) is 9.17. The van der Waals surface area contributed by atoms with E-state index in [0.717, 1.165) is 61.5 Å². The number of hydrogen-bond donors (Lipinski definition) is 0. The Bertz CT molecular complexity index is 3980. The van der Waals surface area contributed by atoms with E-state index in [4.69, 9.17) is 14.4 Å². The molecule has 0 amide bonds. The molecule has 0 N–H and O–H groups in total. The van der Waals surface area contributed by atoms with Gasteiger partial charge in [-0.1, -0.05) is 218 Å². The lowest BCUT2D eigenvalue weighted by Crippen LogP contribution is -1.97. The lowest BCUT2D eigenvalue weighted by Gasteiger charge is -2.17. The summed E-state index contributed by atoms with van der Waals surface area (Å²) >= 11 is 0. The number of hydrogen-bond acceptors (Lipinski definition) is 3. The highest BCUT2D eigenvalue weighted by Gasteiger charge is 2.19. The molecule has 3 heteroatoms. The van der Waals surface area contributed by atoms with E-state index < -0.39 is 0 Å². The van der Waals surface area contributed by atoms with Crippen LogP contribution in [0.25, 0.3) is 133 Å². The Labute approximate surface area is 387 Å². The molecule has 11 aromatic carbocycles. The minimum Gasteiger partial charge on any atom is -0.456 e. The predicted octanol–water partition coefficient (Wildman–Crippen LogP) is 17.5. The van der Waals surface area contributed by atoms with Crippen LogP contribution in [-0.4, -0.2) is 9.97 Å². The van der Waals surface area contributed by atoms with Crippen LogP contribution in [-0.2, 0) is 0 Å². The van der Waals surface area contributed by atoms with Gasteiger partial charge in [0.25, 0.3) is 0 Å². The average Bonchev–Trinajstić information content (AvgIpc) is 3.85. The second-order valence-corrected chi connectivity index (χ2v) is 17.2. The third kappa shape index (κ3) is 6.76. The highest BCUT2D eigenvalue weighted by atomic mass is 16.3. The zero-order valence-corrected chi connectivity index (χ0v) is 36.4. The molecule has 13 rings (SSSR count). The molecule has 2 aromatic heterocycles. The number of furan rings is 1. The van der Waals surface area contributed by atoms with Crippen molar-refractivity contribution in [2.45, 2.75) is 0 Å². The van der Waals surface area contributed by atoms with Crippen LogP contribution in [0, 0.1) is 0 Å². The minimum absolute atomic E-state index is 0.673. The van der Waals surface area contributed by atoms with E-state index in [1.54, 1.807) is 0 Å². The Morgan fingerprint density at radius 3 is 1.60 bits per heavy atom. The smallest absolute Gasteiger partial charge is 0.160 e.